The first-order chi connectivity index (χ1) is 11.6. The first kappa shape index (κ1) is 17.8. The average molecular weight is 329 g/mol. The van der Waals surface area contributed by atoms with Gasteiger partial charge in [-0.15, -0.1) is 0 Å². The van der Waals surface area contributed by atoms with E-state index in [-0.39, 0.29) is 5.91 Å². The van der Waals surface area contributed by atoms with E-state index in [4.69, 9.17) is 14.2 Å². The monoisotopic (exact) mass is 329 g/mol. The number of hydrogen-bond donors (Lipinski definition) is 1. The Morgan fingerprint density at radius 1 is 1.00 bits per heavy atom. The van der Waals surface area contributed by atoms with Crippen LogP contribution in [-0.4, -0.2) is 26.2 Å². The fraction of sp³-hybridized carbons (Fsp3) is 0.316. The van der Waals surface area contributed by atoms with Gasteiger partial charge >= 0.3 is 0 Å². The lowest BCUT2D eigenvalue weighted by Gasteiger charge is -2.16. The lowest BCUT2D eigenvalue weighted by Crippen LogP contribution is -2.36. The second kappa shape index (κ2) is 8.93. The predicted octanol–water partition coefficient (Wildman–Crippen LogP) is 2.93. The molecule has 0 fully saturated rings. The molecule has 0 heterocycles. The maximum Gasteiger partial charge on any atom is 0.261 e. The second-order valence-corrected chi connectivity index (χ2v) is 5.36. The summed E-state index contributed by atoms with van der Waals surface area (Å²) >= 11 is 0. The first-order valence-corrected chi connectivity index (χ1v) is 7.78. The highest BCUT2D eigenvalue weighted by Crippen LogP contribution is 2.18. The van der Waals surface area contributed by atoms with E-state index < -0.39 is 6.10 Å². The van der Waals surface area contributed by atoms with Crippen molar-refractivity contribution in [3.8, 4) is 11.5 Å². The van der Waals surface area contributed by atoms with Crippen molar-refractivity contribution in [2.45, 2.75) is 26.2 Å². The van der Waals surface area contributed by atoms with E-state index in [0.29, 0.717) is 18.9 Å². The smallest absolute Gasteiger partial charge is 0.261 e. The van der Waals surface area contributed by atoms with Gasteiger partial charge in [0.25, 0.3) is 5.91 Å². The van der Waals surface area contributed by atoms with Gasteiger partial charge in [0.1, 0.15) is 11.5 Å². The summed E-state index contributed by atoms with van der Waals surface area (Å²) in [6.45, 7) is 2.68. The summed E-state index contributed by atoms with van der Waals surface area (Å²) in [5.41, 5.74) is 2.09. The number of hydrogen-bond acceptors (Lipinski definition) is 4. The SMILES string of the molecule is COCc1ccccc1CNC(=O)C(C)Oc1ccc(OC)cc1. The van der Waals surface area contributed by atoms with Crippen LogP contribution in [0.2, 0.25) is 0 Å². The Balaban J connectivity index is 1.89. The number of carbonyl (C=O) groups is 1. The molecule has 5 heteroatoms. The number of rotatable bonds is 8. The molecule has 0 saturated heterocycles. The molecule has 0 radical (unpaired) electrons. The van der Waals surface area contributed by atoms with Gasteiger partial charge in [0.05, 0.1) is 13.7 Å². The van der Waals surface area contributed by atoms with Crippen molar-refractivity contribution in [3.05, 3.63) is 59.7 Å². The van der Waals surface area contributed by atoms with Crippen molar-refractivity contribution in [1.29, 1.82) is 0 Å². The summed E-state index contributed by atoms with van der Waals surface area (Å²) < 4.78 is 15.9. The third kappa shape index (κ3) is 4.99. The third-order valence-electron chi connectivity index (χ3n) is 3.61. The van der Waals surface area contributed by atoms with E-state index in [1.165, 1.54) is 0 Å². The fourth-order valence-corrected chi connectivity index (χ4v) is 2.26. The molecule has 1 atom stereocenters. The van der Waals surface area contributed by atoms with Crippen molar-refractivity contribution >= 4 is 5.91 Å². The highest BCUT2D eigenvalue weighted by atomic mass is 16.5. The normalized spacial score (nSPS) is 11.6. The maximum atomic E-state index is 12.2. The molecular formula is C19H23NO4. The summed E-state index contributed by atoms with van der Waals surface area (Å²) in [5, 5.41) is 2.90. The van der Waals surface area contributed by atoms with Gasteiger partial charge in [-0.1, -0.05) is 24.3 Å². The van der Waals surface area contributed by atoms with Crippen molar-refractivity contribution < 1.29 is 19.0 Å². The van der Waals surface area contributed by atoms with Crippen LogP contribution < -0.4 is 14.8 Å². The Bertz CT molecular complexity index is 655. The summed E-state index contributed by atoms with van der Waals surface area (Å²) in [5.74, 6) is 1.20. The lowest BCUT2D eigenvalue weighted by molar-refractivity contribution is -0.127. The summed E-state index contributed by atoms with van der Waals surface area (Å²) in [6, 6.07) is 15.0. The highest BCUT2D eigenvalue weighted by Gasteiger charge is 2.15. The van der Waals surface area contributed by atoms with Crippen molar-refractivity contribution in [2.24, 2.45) is 0 Å². The van der Waals surface area contributed by atoms with Crippen molar-refractivity contribution in [3.63, 3.8) is 0 Å². The molecule has 1 amide bonds. The molecular weight excluding hydrogens is 306 g/mol. The van der Waals surface area contributed by atoms with E-state index >= 15 is 0 Å². The molecule has 5 nitrogen and oxygen atoms in total. The van der Waals surface area contributed by atoms with Gasteiger partial charge < -0.3 is 19.5 Å². The van der Waals surface area contributed by atoms with Crippen molar-refractivity contribution in [1.82, 2.24) is 5.32 Å². The molecule has 0 aliphatic carbocycles. The van der Waals surface area contributed by atoms with Crippen LogP contribution >= 0.6 is 0 Å². The van der Waals surface area contributed by atoms with Crippen LogP contribution in [0.1, 0.15) is 18.1 Å². The number of carbonyl (C=O) groups excluding carboxylic acids is 1. The Hall–Kier alpha value is -2.53. The van der Waals surface area contributed by atoms with Crippen molar-refractivity contribution in [2.75, 3.05) is 14.2 Å². The largest absolute Gasteiger partial charge is 0.497 e. The minimum Gasteiger partial charge on any atom is -0.497 e. The standard InChI is InChI=1S/C19H23NO4/c1-14(24-18-10-8-17(23-3)9-11-18)19(21)20-12-15-6-4-5-7-16(15)13-22-2/h4-11,14H,12-13H2,1-3H3,(H,20,21). The number of amides is 1. The summed E-state index contributed by atoms with van der Waals surface area (Å²) in [6.07, 6.45) is -0.590. The Labute approximate surface area is 142 Å². The molecule has 0 spiro atoms. The van der Waals surface area contributed by atoms with Crippen LogP contribution in [0.3, 0.4) is 0 Å². The van der Waals surface area contributed by atoms with Crippen LogP contribution in [0.25, 0.3) is 0 Å². The fourth-order valence-electron chi connectivity index (χ4n) is 2.26. The van der Waals surface area contributed by atoms with Gasteiger partial charge in [0.2, 0.25) is 0 Å². The Morgan fingerprint density at radius 3 is 2.25 bits per heavy atom. The molecule has 128 valence electrons. The minimum atomic E-state index is -0.590. The molecule has 0 saturated carbocycles. The van der Waals surface area contributed by atoms with E-state index in [1.807, 2.05) is 24.3 Å². The topological polar surface area (TPSA) is 56.8 Å². The number of benzene rings is 2. The van der Waals surface area contributed by atoms with E-state index in [9.17, 15) is 4.79 Å². The van der Waals surface area contributed by atoms with Gasteiger partial charge in [-0.3, -0.25) is 4.79 Å². The van der Waals surface area contributed by atoms with E-state index in [0.717, 1.165) is 16.9 Å². The number of ether oxygens (including phenoxy) is 3. The van der Waals surface area contributed by atoms with Gasteiger partial charge in [-0.05, 0) is 42.3 Å². The van der Waals surface area contributed by atoms with Crippen LogP contribution in [-0.2, 0) is 22.7 Å². The zero-order chi connectivity index (χ0) is 17.4. The van der Waals surface area contributed by atoms with Gasteiger partial charge in [0.15, 0.2) is 6.10 Å². The molecule has 24 heavy (non-hydrogen) atoms. The van der Waals surface area contributed by atoms with Crippen LogP contribution in [0, 0.1) is 0 Å². The lowest BCUT2D eigenvalue weighted by atomic mass is 10.1. The minimum absolute atomic E-state index is 0.168. The molecule has 2 aromatic carbocycles. The molecule has 0 aliphatic rings. The van der Waals surface area contributed by atoms with Gasteiger partial charge in [-0.25, -0.2) is 0 Å². The predicted molar refractivity (Wildman–Crippen MR) is 92.1 cm³/mol. The molecule has 1 unspecified atom stereocenters. The zero-order valence-corrected chi connectivity index (χ0v) is 14.2. The first-order valence-electron chi connectivity index (χ1n) is 7.78. The van der Waals surface area contributed by atoms with Gasteiger partial charge in [0, 0.05) is 13.7 Å². The zero-order valence-electron chi connectivity index (χ0n) is 14.2. The quantitative estimate of drug-likeness (QED) is 0.809. The molecule has 0 aliphatic heterocycles. The molecule has 0 aromatic heterocycles. The number of nitrogens with one attached hydrogen (secondary N) is 1. The van der Waals surface area contributed by atoms with E-state index in [1.54, 1.807) is 45.4 Å². The maximum absolute atomic E-state index is 12.2. The average Bonchev–Trinajstić information content (AvgIpc) is 2.61. The van der Waals surface area contributed by atoms with Crippen LogP contribution in [0.15, 0.2) is 48.5 Å². The summed E-state index contributed by atoms with van der Waals surface area (Å²) in [7, 11) is 3.26. The van der Waals surface area contributed by atoms with Gasteiger partial charge in [-0.2, -0.15) is 0 Å². The summed E-state index contributed by atoms with van der Waals surface area (Å²) in [4.78, 5) is 12.2. The molecule has 2 rings (SSSR count). The number of methoxy groups -OCH3 is 2. The Morgan fingerprint density at radius 2 is 1.62 bits per heavy atom. The molecule has 0 bridgehead atoms. The highest BCUT2D eigenvalue weighted by molar-refractivity contribution is 5.80. The second-order valence-electron chi connectivity index (χ2n) is 5.36. The molecule has 2 aromatic rings. The van der Waals surface area contributed by atoms with E-state index in [2.05, 4.69) is 5.32 Å². The van der Waals surface area contributed by atoms with Crippen LogP contribution in [0.4, 0.5) is 0 Å². The third-order valence-corrected chi connectivity index (χ3v) is 3.61. The van der Waals surface area contributed by atoms with Crippen LogP contribution in [0.5, 0.6) is 11.5 Å². The molecule has 1 N–H and O–H groups in total. The Kier molecular flexibility index (Phi) is 6.63.